The molecule has 0 bridgehead atoms. The van der Waals surface area contributed by atoms with Crippen molar-refractivity contribution in [3.63, 3.8) is 0 Å². The molecule has 2 atom stereocenters. The van der Waals surface area contributed by atoms with Crippen molar-refractivity contribution < 1.29 is 18.3 Å². The van der Waals surface area contributed by atoms with Crippen LogP contribution in [-0.4, -0.2) is 47.5 Å². The topological polar surface area (TPSA) is 49.5 Å². The summed E-state index contributed by atoms with van der Waals surface area (Å²) in [6.45, 7) is 0.646. The highest BCUT2D eigenvalue weighted by Crippen LogP contribution is 2.32. The Balaban J connectivity index is 2.65. The molecule has 0 aliphatic heterocycles. The van der Waals surface area contributed by atoms with E-state index < -0.39 is 24.8 Å². The van der Waals surface area contributed by atoms with Gasteiger partial charge in [0.25, 0.3) is 0 Å². The van der Waals surface area contributed by atoms with E-state index in [0.717, 1.165) is 19.3 Å². The number of nitrogens with zero attached hydrogens (tertiary/aromatic N) is 1. The number of rotatable bonds is 7. The molecule has 17 heavy (non-hydrogen) atoms. The highest BCUT2D eigenvalue weighted by atomic mass is 19.4. The molecule has 1 fully saturated rings. The summed E-state index contributed by atoms with van der Waals surface area (Å²) in [7, 11) is 0. The maximum absolute atomic E-state index is 12.5. The van der Waals surface area contributed by atoms with E-state index in [1.54, 1.807) is 0 Å². The number of aliphatic hydroxyl groups is 1. The predicted molar refractivity (Wildman–Crippen MR) is 59.5 cm³/mol. The van der Waals surface area contributed by atoms with Crippen LogP contribution in [0.5, 0.6) is 0 Å². The Morgan fingerprint density at radius 3 is 2.35 bits per heavy atom. The molecule has 0 amide bonds. The summed E-state index contributed by atoms with van der Waals surface area (Å²) >= 11 is 0. The summed E-state index contributed by atoms with van der Waals surface area (Å²) in [6.07, 6.45) is -1.26. The average molecular weight is 254 g/mol. The second kappa shape index (κ2) is 6.02. The summed E-state index contributed by atoms with van der Waals surface area (Å²) in [5.74, 6) is 0. The van der Waals surface area contributed by atoms with Gasteiger partial charge in [-0.2, -0.15) is 13.2 Å². The van der Waals surface area contributed by atoms with E-state index in [-0.39, 0.29) is 12.6 Å². The molecule has 3 nitrogen and oxygen atoms in total. The van der Waals surface area contributed by atoms with E-state index in [0.29, 0.717) is 6.42 Å². The Kier molecular flexibility index (Phi) is 5.22. The molecule has 1 saturated carbocycles. The fourth-order valence-corrected chi connectivity index (χ4v) is 2.14. The Morgan fingerprint density at radius 1 is 1.41 bits per heavy atom. The van der Waals surface area contributed by atoms with Crippen LogP contribution in [0.2, 0.25) is 0 Å². The molecule has 0 spiro atoms. The molecule has 0 radical (unpaired) electrons. The van der Waals surface area contributed by atoms with Gasteiger partial charge in [-0.05, 0) is 19.3 Å². The second-order valence-corrected chi connectivity index (χ2v) is 4.72. The summed E-state index contributed by atoms with van der Waals surface area (Å²) in [5, 5.41) is 9.28. The third-order valence-corrected chi connectivity index (χ3v) is 3.11. The van der Waals surface area contributed by atoms with Gasteiger partial charge in [0.15, 0.2) is 0 Å². The van der Waals surface area contributed by atoms with Gasteiger partial charge in [0.1, 0.15) is 0 Å². The lowest BCUT2D eigenvalue weighted by atomic mass is 10.0. The monoisotopic (exact) mass is 254 g/mol. The van der Waals surface area contributed by atoms with Crippen LogP contribution >= 0.6 is 0 Å². The molecule has 0 heterocycles. The van der Waals surface area contributed by atoms with Crippen LogP contribution in [0, 0.1) is 0 Å². The van der Waals surface area contributed by atoms with E-state index in [1.165, 1.54) is 4.90 Å². The molecule has 0 aromatic rings. The van der Waals surface area contributed by atoms with Crippen LogP contribution in [0.25, 0.3) is 0 Å². The second-order valence-electron chi connectivity index (χ2n) is 4.72. The largest absolute Gasteiger partial charge is 0.401 e. The number of halogens is 3. The SMILES string of the molecule is CCCC(N)C(CO)N(CC(F)(F)F)C1CC1. The van der Waals surface area contributed by atoms with Gasteiger partial charge < -0.3 is 10.8 Å². The number of hydrogen-bond donors (Lipinski definition) is 2. The van der Waals surface area contributed by atoms with Gasteiger partial charge in [-0.1, -0.05) is 13.3 Å². The zero-order chi connectivity index (χ0) is 13.1. The van der Waals surface area contributed by atoms with Gasteiger partial charge in [-0.15, -0.1) is 0 Å². The van der Waals surface area contributed by atoms with Crippen molar-refractivity contribution in [1.82, 2.24) is 4.90 Å². The minimum absolute atomic E-state index is 0.0586. The lowest BCUT2D eigenvalue weighted by molar-refractivity contribution is -0.155. The summed E-state index contributed by atoms with van der Waals surface area (Å²) in [4.78, 5) is 1.33. The molecule has 1 rings (SSSR count). The average Bonchev–Trinajstić information content (AvgIpc) is 2.98. The molecule has 1 aliphatic rings. The summed E-state index contributed by atoms with van der Waals surface area (Å²) in [5.41, 5.74) is 5.86. The summed E-state index contributed by atoms with van der Waals surface area (Å²) < 4.78 is 37.4. The van der Waals surface area contributed by atoms with Crippen LogP contribution in [0.15, 0.2) is 0 Å². The fraction of sp³-hybridized carbons (Fsp3) is 1.00. The number of alkyl halides is 3. The van der Waals surface area contributed by atoms with Crippen LogP contribution in [0.3, 0.4) is 0 Å². The van der Waals surface area contributed by atoms with Gasteiger partial charge in [-0.25, -0.2) is 0 Å². The third kappa shape index (κ3) is 4.81. The van der Waals surface area contributed by atoms with Gasteiger partial charge in [0.05, 0.1) is 13.2 Å². The molecule has 2 unspecified atom stereocenters. The van der Waals surface area contributed by atoms with Crippen molar-refractivity contribution in [2.24, 2.45) is 5.73 Å². The zero-order valence-electron chi connectivity index (χ0n) is 10.1. The molecule has 102 valence electrons. The van der Waals surface area contributed by atoms with E-state index in [9.17, 15) is 18.3 Å². The van der Waals surface area contributed by atoms with Crippen LogP contribution < -0.4 is 5.73 Å². The van der Waals surface area contributed by atoms with Crippen molar-refractivity contribution >= 4 is 0 Å². The molecule has 0 aromatic heterocycles. The Hall–Kier alpha value is -0.330. The Morgan fingerprint density at radius 2 is 2.00 bits per heavy atom. The standard InChI is InChI=1S/C11H21F3N2O/c1-2-3-9(15)10(6-17)16(8-4-5-8)7-11(12,13)14/h8-10,17H,2-7,15H2,1H3. The highest BCUT2D eigenvalue weighted by molar-refractivity contribution is 4.93. The number of hydrogen-bond acceptors (Lipinski definition) is 3. The van der Waals surface area contributed by atoms with Crippen molar-refractivity contribution in [3.8, 4) is 0 Å². The lowest BCUT2D eigenvalue weighted by Gasteiger charge is -2.35. The first-order valence-electron chi connectivity index (χ1n) is 6.08. The van der Waals surface area contributed by atoms with E-state index in [1.807, 2.05) is 6.92 Å². The Labute approximate surface area is 99.8 Å². The molecule has 1 aliphatic carbocycles. The van der Waals surface area contributed by atoms with Crippen LogP contribution in [0.1, 0.15) is 32.6 Å². The van der Waals surface area contributed by atoms with E-state index in [4.69, 9.17) is 5.73 Å². The van der Waals surface area contributed by atoms with E-state index in [2.05, 4.69) is 0 Å². The molecule has 0 aromatic carbocycles. The maximum atomic E-state index is 12.5. The lowest BCUT2D eigenvalue weighted by Crippen LogP contribution is -2.53. The first kappa shape index (κ1) is 14.7. The van der Waals surface area contributed by atoms with Crippen LogP contribution in [0.4, 0.5) is 13.2 Å². The highest BCUT2D eigenvalue weighted by Gasteiger charge is 2.42. The quantitative estimate of drug-likeness (QED) is 0.724. The predicted octanol–water partition coefficient (Wildman–Crippen LogP) is 1.50. The minimum Gasteiger partial charge on any atom is -0.395 e. The zero-order valence-corrected chi connectivity index (χ0v) is 10.1. The van der Waals surface area contributed by atoms with Gasteiger partial charge >= 0.3 is 6.18 Å². The van der Waals surface area contributed by atoms with Crippen molar-refractivity contribution in [1.29, 1.82) is 0 Å². The third-order valence-electron chi connectivity index (χ3n) is 3.11. The molecule has 0 saturated heterocycles. The molecular formula is C11H21F3N2O. The van der Waals surface area contributed by atoms with Crippen molar-refractivity contribution in [3.05, 3.63) is 0 Å². The van der Waals surface area contributed by atoms with Crippen molar-refractivity contribution in [2.45, 2.75) is 56.9 Å². The fourth-order valence-electron chi connectivity index (χ4n) is 2.14. The van der Waals surface area contributed by atoms with Gasteiger partial charge in [0, 0.05) is 18.1 Å². The first-order valence-corrected chi connectivity index (χ1v) is 6.08. The van der Waals surface area contributed by atoms with Crippen molar-refractivity contribution in [2.75, 3.05) is 13.2 Å². The molecule has 6 heteroatoms. The van der Waals surface area contributed by atoms with Gasteiger partial charge in [0.2, 0.25) is 0 Å². The first-order chi connectivity index (χ1) is 7.89. The summed E-state index contributed by atoms with van der Waals surface area (Å²) in [6, 6.07) is -1.03. The number of aliphatic hydroxyl groups excluding tert-OH is 1. The van der Waals surface area contributed by atoms with E-state index >= 15 is 0 Å². The van der Waals surface area contributed by atoms with Gasteiger partial charge in [-0.3, -0.25) is 4.90 Å². The molecule has 3 N–H and O–H groups in total. The normalized spacial score (nSPS) is 20.6. The van der Waals surface area contributed by atoms with Crippen LogP contribution in [-0.2, 0) is 0 Å². The maximum Gasteiger partial charge on any atom is 0.401 e. The smallest absolute Gasteiger partial charge is 0.395 e. The Bertz CT molecular complexity index is 231. The molecular weight excluding hydrogens is 233 g/mol. The minimum atomic E-state index is -4.23. The number of nitrogens with two attached hydrogens (primary N) is 1.